The molecule has 1 saturated carbocycles. The topological polar surface area (TPSA) is 127 Å². The highest BCUT2D eigenvalue weighted by molar-refractivity contribution is 5.83. The Morgan fingerprint density at radius 3 is 2.36 bits per heavy atom. The molecule has 2 aromatic carbocycles. The van der Waals surface area contributed by atoms with E-state index in [0.29, 0.717) is 63.7 Å². The summed E-state index contributed by atoms with van der Waals surface area (Å²) in [5, 5.41) is 26.6. The number of rotatable bonds is 18. The third kappa shape index (κ3) is 11.9. The normalized spacial score (nSPS) is 28.3. The Morgan fingerprint density at radius 2 is 1.67 bits per heavy atom. The molecule has 2 amide bonds. The van der Waals surface area contributed by atoms with E-state index in [-0.39, 0.29) is 48.4 Å². The summed E-state index contributed by atoms with van der Waals surface area (Å²) < 4.78 is 11.7. The number of likely N-dealkylation sites (tertiary alicyclic amines) is 1. The van der Waals surface area contributed by atoms with Crippen LogP contribution in [0.1, 0.15) is 97.8 Å². The lowest BCUT2D eigenvalue weighted by Gasteiger charge is -2.50. The van der Waals surface area contributed by atoms with E-state index in [2.05, 4.69) is 93.9 Å². The predicted octanol–water partition coefficient (Wildman–Crippen LogP) is 5.73. The summed E-state index contributed by atoms with van der Waals surface area (Å²) >= 11 is 0. The van der Waals surface area contributed by atoms with Gasteiger partial charge in [0.2, 0.25) is 5.91 Å². The van der Waals surface area contributed by atoms with Crippen molar-refractivity contribution in [2.45, 2.75) is 131 Å². The molecule has 0 spiro atoms. The van der Waals surface area contributed by atoms with Crippen molar-refractivity contribution >= 4 is 11.8 Å². The summed E-state index contributed by atoms with van der Waals surface area (Å²) in [6.45, 7) is 24.6. The van der Waals surface area contributed by atoms with Crippen LogP contribution in [0.25, 0.3) is 0 Å². The van der Waals surface area contributed by atoms with E-state index in [0.717, 1.165) is 54.9 Å². The van der Waals surface area contributed by atoms with Crippen LogP contribution >= 0.6 is 0 Å². The highest BCUT2D eigenvalue weighted by Gasteiger charge is 2.51. The Hall–Kier alpha value is -3.10. The first-order chi connectivity index (χ1) is 29.2. The number of ether oxygens (including phenoxy) is 2. The molecule has 4 fully saturated rings. The number of benzene rings is 2. The van der Waals surface area contributed by atoms with Crippen LogP contribution < -0.4 is 10.1 Å². The summed E-state index contributed by atoms with van der Waals surface area (Å²) in [7, 11) is 0. The second-order valence-electron chi connectivity index (χ2n) is 19.8. The number of carbonyl (C=O) groups is 2. The minimum Gasteiger partial charge on any atom is -0.483 e. The molecule has 0 aromatic heterocycles. The highest BCUT2D eigenvalue weighted by atomic mass is 16.7. The number of nitrogens with one attached hydrogen (secondary N) is 1. The Labute approximate surface area is 366 Å². The highest BCUT2D eigenvalue weighted by Crippen LogP contribution is 2.47. The van der Waals surface area contributed by atoms with Crippen molar-refractivity contribution in [3.63, 3.8) is 0 Å². The fourth-order valence-corrected chi connectivity index (χ4v) is 10.4. The Balaban J connectivity index is 1.23. The van der Waals surface area contributed by atoms with Crippen LogP contribution in [-0.4, -0.2) is 131 Å². The van der Waals surface area contributed by atoms with E-state index in [4.69, 9.17) is 14.3 Å². The number of hydrogen-bond donors (Lipinski definition) is 3. The van der Waals surface area contributed by atoms with E-state index in [1.165, 1.54) is 12.8 Å². The first kappa shape index (κ1) is 47.4. The van der Waals surface area contributed by atoms with Gasteiger partial charge < -0.3 is 34.8 Å². The van der Waals surface area contributed by atoms with Crippen LogP contribution in [0.3, 0.4) is 0 Å². The van der Waals surface area contributed by atoms with Crippen molar-refractivity contribution in [2.24, 2.45) is 35.0 Å². The standard InChI is InChI=1S/C49H77N5O7/c1-33(2)24-41(30-51-18-11-12-19-51)53(29-40-16-9-10-17-43(40)60-32-45(57)52-20-22-59-23-21-52)27-38-14-13-15-39(26-38)28-54-47(46(37(6)56)44(31-55)61-54)48(58)50-42-25-34(3)49(7,8)36(5)35(42)4/h9-10,13-17,26,33-37,41-42,44,46-47,55-56H,11-12,18-25,27-32H2,1-8H3,(H,50,58)/t34-,35+,36+,37+,41+,42+,44+,46-,47+/m1/s1. The lowest BCUT2D eigenvalue weighted by Crippen LogP contribution is -2.56. The Bertz CT molecular complexity index is 1710. The molecule has 1 aliphatic carbocycles. The van der Waals surface area contributed by atoms with Gasteiger partial charge in [-0.3, -0.25) is 19.3 Å². The van der Waals surface area contributed by atoms with Gasteiger partial charge in [0.25, 0.3) is 5.91 Å². The molecule has 4 aliphatic rings. The quantitative estimate of drug-likeness (QED) is 0.171. The molecule has 3 saturated heterocycles. The zero-order valence-electron chi connectivity index (χ0n) is 38.4. The van der Waals surface area contributed by atoms with Crippen molar-refractivity contribution < 1.29 is 34.1 Å². The number of aliphatic hydroxyl groups excluding tert-OH is 2. The second-order valence-corrected chi connectivity index (χ2v) is 19.8. The van der Waals surface area contributed by atoms with Crippen LogP contribution in [0.2, 0.25) is 0 Å². The van der Waals surface area contributed by atoms with Crippen LogP contribution in [-0.2, 0) is 38.8 Å². The Kier molecular flexibility index (Phi) is 16.7. The van der Waals surface area contributed by atoms with Gasteiger partial charge in [-0.2, -0.15) is 5.06 Å². The zero-order valence-corrected chi connectivity index (χ0v) is 38.4. The third-order valence-corrected chi connectivity index (χ3v) is 14.9. The number of aliphatic hydroxyl groups is 2. The number of hydrogen-bond acceptors (Lipinski definition) is 10. The number of hydroxylamine groups is 2. The van der Waals surface area contributed by atoms with Gasteiger partial charge in [0.05, 0.1) is 32.5 Å². The lowest BCUT2D eigenvalue weighted by atomic mass is 9.58. The minimum absolute atomic E-state index is 0.00430. The average Bonchev–Trinajstić information content (AvgIpc) is 3.89. The van der Waals surface area contributed by atoms with Crippen LogP contribution in [0, 0.1) is 35.0 Å². The van der Waals surface area contributed by atoms with Gasteiger partial charge in [0.1, 0.15) is 17.9 Å². The summed E-state index contributed by atoms with van der Waals surface area (Å²) in [6.07, 6.45) is 2.80. The lowest BCUT2D eigenvalue weighted by molar-refractivity contribution is -0.182. The molecule has 6 rings (SSSR count). The smallest absolute Gasteiger partial charge is 0.260 e. The molecule has 3 N–H and O–H groups in total. The van der Waals surface area contributed by atoms with Crippen molar-refractivity contribution in [2.75, 3.05) is 59.2 Å². The minimum atomic E-state index is -0.865. The first-order valence-electron chi connectivity index (χ1n) is 23.3. The van der Waals surface area contributed by atoms with E-state index in [9.17, 15) is 19.8 Å². The molecule has 9 atom stereocenters. The molecule has 61 heavy (non-hydrogen) atoms. The summed E-state index contributed by atoms with van der Waals surface area (Å²) in [6, 6.07) is 16.1. The number of nitrogens with zero attached hydrogens (tertiary/aromatic N) is 4. The van der Waals surface area contributed by atoms with Gasteiger partial charge in [-0.1, -0.05) is 90.9 Å². The molecule has 2 aromatic rings. The monoisotopic (exact) mass is 848 g/mol. The number of carbonyl (C=O) groups excluding carboxylic acids is 2. The fourth-order valence-electron chi connectivity index (χ4n) is 10.4. The maximum atomic E-state index is 14.4. The number of amides is 2. The predicted molar refractivity (Wildman–Crippen MR) is 238 cm³/mol. The molecular weight excluding hydrogens is 771 g/mol. The van der Waals surface area contributed by atoms with E-state index in [1.807, 2.05) is 23.1 Å². The SMILES string of the molecule is CC(C)C[C@@H](CN1CCCC1)N(Cc1cccc(CN2O[C@@H](CO)[C@@H]([C@H](C)O)[C@H]2C(=O)N[C@H]2C[C@@H](C)C(C)(C)[C@@H](C)[C@@H]2C)c1)Cc1ccccc1OCC(=O)N1CCOCC1. The number of morpholine rings is 1. The van der Waals surface area contributed by atoms with Crippen molar-refractivity contribution in [3.8, 4) is 5.75 Å². The van der Waals surface area contributed by atoms with Gasteiger partial charge in [0, 0.05) is 56.3 Å². The van der Waals surface area contributed by atoms with Gasteiger partial charge in [-0.25, -0.2) is 0 Å². The van der Waals surface area contributed by atoms with Crippen molar-refractivity contribution in [1.82, 2.24) is 25.1 Å². The average molecular weight is 848 g/mol. The zero-order chi connectivity index (χ0) is 43.8. The van der Waals surface area contributed by atoms with E-state index >= 15 is 0 Å². The van der Waals surface area contributed by atoms with Gasteiger partial charge in [0.15, 0.2) is 6.61 Å². The number of para-hydroxylation sites is 1. The molecule has 12 heteroatoms. The molecule has 3 heterocycles. The van der Waals surface area contributed by atoms with Crippen LogP contribution in [0.4, 0.5) is 0 Å². The van der Waals surface area contributed by atoms with Crippen molar-refractivity contribution in [1.29, 1.82) is 0 Å². The molecule has 0 radical (unpaired) electrons. The first-order valence-corrected chi connectivity index (χ1v) is 23.3. The maximum absolute atomic E-state index is 14.4. The largest absolute Gasteiger partial charge is 0.483 e. The van der Waals surface area contributed by atoms with E-state index < -0.39 is 24.2 Å². The van der Waals surface area contributed by atoms with E-state index in [1.54, 1.807) is 12.0 Å². The molecule has 340 valence electrons. The van der Waals surface area contributed by atoms with Gasteiger partial charge in [-0.15, -0.1) is 0 Å². The van der Waals surface area contributed by atoms with Crippen LogP contribution in [0.15, 0.2) is 48.5 Å². The molecular formula is C49H77N5O7. The Morgan fingerprint density at radius 1 is 0.967 bits per heavy atom. The summed E-state index contributed by atoms with van der Waals surface area (Å²) in [5.74, 6) is 1.57. The maximum Gasteiger partial charge on any atom is 0.260 e. The summed E-state index contributed by atoms with van der Waals surface area (Å²) in [4.78, 5) is 40.9. The fraction of sp³-hybridized carbons (Fsp3) is 0.714. The van der Waals surface area contributed by atoms with Crippen LogP contribution in [0.5, 0.6) is 5.75 Å². The molecule has 3 aliphatic heterocycles. The second kappa shape index (κ2) is 21.5. The summed E-state index contributed by atoms with van der Waals surface area (Å²) in [5.41, 5.74) is 3.33. The molecule has 0 unspecified atom stereocenters. The van der Waals surface area contributed by atoms with Crippen molar-refractivity contribution in [3.05, 3.63) is 65.2 Å². The van der Waals surface area contributed by atoms with Gasteiger partial charge in [-0.05, 0) is 92.0 Å². The third-order valence-electron chi connectivity index (χ3n) is 14.9. The molecule has 12 nitrogen and oxygen atoms in total. The molecule has 0 bridgehead atoms. The van der Waals surface area contributed by atoms with Gasteiger partial charge >= 0.3 is 0 Å².